The molecule has 4 heteroatoms. The molecule has 1 aromatic carbocycles. The Labute approximate surface area is 112 Å². The summed E-state index contributed by atoms with van der Waals surface area (Å²) in [6.07, 6.45) is 2.96. The number of benzene rings is 1. The summed E-state index contributed by atoms with van der Waals surface area (Å²) < 4.78 is 4.74. The van der Waals surface area contributed by atoms with E-state index in [-0.39, 0.29) is 0 Å². The number of hydrogen-bond donors (Lipinski definition) is 0. The highest BCUT2D eigenvalue weighted by Gasteiger charge is 2.15. The summed E-state index contributed by atoms with van der Waals surface area (Å²) in [4.78, 5) is 17.1. The zero-order valence-electron chi connectivity index (χ0n) is 11.3. The molecule has 98 valence electrons. The van der Waals surface area contributed by atoms with Crippen LogP contribution >= 0.6 is 0 Å². The van der Waals surface area contributed by atoms with E-state index in [0.717, 1.165) is 16.8 Å². The molecule has 0 atom stereocenters. The lowest BCUT2D eigenvalue weighted by Gasteiger charge is -2.18. The first-order valence-corrected chi connectivity index (χ1v) is 5.96. The van der Waals surface area contributed by atoms with E-state index in [0.29, 0.717) is 0 Å². The fourth-order valence-corrected chi connectivity index (χ4v) is 1.87. The number of hydrogen-bond acceptors (Lipinski definition) is 3. The molecule has 0 saturated carbocycles. The fourth-order valence-electron chi connectivity index (χ4n) is 1.87. The van der Waals surface area contributed by atoms with Gasteiger partial charge in [0.15, 0.2) is 0 Å². The average molecular weight is 256 g/mol. The summed E-state index contributed by atoms with van der Waals surface area (Å²) in [5, 5.41) is 0. The highest BCUT2D eigenvalue weighted by atomic mass is 16.5. The van der Waals surface area contributed by atoms with Crippen molar-refractivity contribution in [3.8, 4) is 11.1 Å². The van der Waals surface area contributed by atoms with Crippen LogP contribution in [0.5, 0.6) is 0 Å². The third-order valence-electron chi connectivity index (χ3n) is 2.97. The Bertz CT molecular complexity index is 579. The molecule has 0 spiro atoms. The lowest BCUT2D eigenvalue weighted by Crippen LogP contribution is -2.26. The maximum absolute atomic E-state index is 11.6. The summed E-state index contributed by atoms with van der Waals surface area (Å²) in [5.41, 5.74) is 3.90. The van der Waals surface area contributed by atoms with Gasteiger partial charge in [-0.2, -0.15) is 0 Å². The van der Waals surface area contributed by atoms with Gasteiger partial charge in [0.2, 0.25) is 0 Å². The normalized spacial score (nSPS) is 10.1. The third-order valence-corrected chi connectivity index (χ3v) is 2.97. The predicted octanol–water partition coefficient (Wildman–Crippen LogP) is 3.26. The zero-order chi connectivity index (χ0) is 13.8. The monoisotopic (exact) mass is 256 g/mol. The molecular weight excluding hydrogens is 240 g/mol. The molecule has 19 heavy (non-hydrogen) atoms. The van der Waals surface area contributed by atoms with Gasteiger partial charge in [-0.15, -0.1) is 0 Å². The van der Waals surface area contributed by atoms with Crippen LogP contribution in [-0.2, 0) is 4.74 Å². The van der Waals surface area contributed by atoms with E-state index in [1.807, 2.05) is 37.3 Å². The summed E-state index contributed by atoms with van der Waals surface area (Å²) in [5.74, 6) is 0. The Morgan fingerprint density at radius 1 is 1.21 bits per heavy atom. The number of pyridine rings is 1. The average Bonchev–Trinajstić information content (AvgIpc) is 2.46. The minimum Gasteiger partial charge on any atom is -0.452 e. The van der Waals surface area contributed by atoms with Crippen LogP contribution < -0.4 is 4.90 Å². The molecule has 0 aliphatic rings. The van der Waals surface area contributed by atoms with Crippen molar-refractivity contribution < 1.29 is 9.53 Å². The lowest BCUT2D eigenvalue weighted by atomic mass is 10.0. The largest absolute Gasteiger partial charge is 0.452 e. The molecule has 2 aromatic rings. The molecule has 0 aliphatic heterocycles. The van der Waals surface area contributed by atoms with Crippen molar-refractivity contribution in [2.24, 2.45) is 0 Å². The third kappa shape index (κ3) is 2.73. The maximum atomic E-state index is 11.6. The number of amides is 1. The maximum Gasteiger partial charge on any atom is 0.413 e. The summed E-state index contributed by atoms with van der Waals surface area (Å²) in [6.45, 7) is 2.04. The fraction of sp³-hybridized carbons (Fsp3) is 0.200. The summed E-state index contributed by atoms with van der Waals surface area (Å²) >= 11 is 0. The summed E-state index contributed by atoms with van der Waals surface area (Å²) in [7, 11) is 3.03. The molecule has 4 nitrogen and oxygen atoms in total. The van der Waals surface area contributed by atoms with E-state index in [4.69, 9.17) is 4.74 Å². The van der Waals surface area contributed by atoms with Gasteiger partial charge >= 0.3 is 6.09 Å². The molecule has 2 rings (SSSR count). The molecule has 1 heterocycles. The van der Waals surface area contributed by atoms with Crippen LogP contribution in [-0.4, -0.2) is 25.2 Å². The van der Waals surface area contributed by atoms with Crippen molar-refractivity contribution in [2.75, 3.05) is 19.1 Å². The Balaban J connectivity index is 2.46. The van der Waals surface area contributed by atoms with E-state index in [2.05, 4.69) is 4.98 Å². The van der Waals surface area contributed by atoms with E-state index >= 15 is 0 Å². The molecule has 0 saturated heterocycles. The molecule has 0 N–H and O–H groups in total. The number of carbonyl (C=O) groups excluding carboxylic acids is 1. The second-order valence-corrected chi connectivity index (χ2v) is 4.29. The highest BCUT2D eigenvalue weighted by molar-refractivity contribution is 5.92. The van der Waals surface area contributed by atoms with Gasteiger partial charge in [-0.05, 0) is 18.6 Å². The first kappa shape index (κ1) is 13.1. The van der Waals surface area contributed by atoms with Crippen molar-refractivity contribution in [3.05, 3.63) is 48.3 Å². The molecule has 0 bridgehead atoms. The van der Waals surface area contributed by atoms with Crippen LogP contribution in [0.1, 0.15) is 5.56 Å². The number of carbonyl (C=O) groups is 1. The summed E-state index contributed by atoms with van der Waals surface area (Å²) in [6, 6.07) is 10.0. The molecule has 0 unspecified atom stereocenters. The van der Waals surface area contributed by atoms with E-state index < -0.39 is 6.09 Å². The first-order chi connectivity index (χ1) is 9.13. The molecular formula is C15H16N2O2. The van der Waals surface area contributed by atoms with Gasteiger partial charge in [0.05, 0.1) is 19.0 Å². The number of rotatable bonds is 2. The Hall–Kier alpha value is -2.36. The van der Waals surface area contributed by atoms with Crippen LogP contribution in [0, 0.1) is 6.92 Å². The van der Waals surface area contributed by atoms with Crippen molar-refractivity contribution in [1.29, 1.82) is 0 Å². The molecule has 1 amide bonds. The highest BCUT2D eigenvalue weighted by Crippen LogP contribution is 2.29. The topological polar surface area (TPSA) is 42.4 Å². The smallest absolute Gasteiger partial charge is 0.413 e. The van der Waals surface area contributed by atoms with E-state index in [9.17, 15) is 4.79 Å². The minimum absolute atomic E-state index is 0.415. The van der Waals surface area contributed by atoms with Crippen LogP contribution in [0.3, 0.4) is 0 Å². The number of nitrogens with zero attached hydrogens (tertiary/aromatic N) is 2. The van der Waals surface area contributed by atoms with Crippen molar-refractivity contribution in [3.63, 3.8) is 0 Å². The minimum atomic E-state index is -0.415. The Kier molecular flexibility index (Phi) is 3.80. The van der Waals surface area contributed by atoms with Gasteiger partial charge in [0.1, 0.15) is 0 Å². The number of aromatic nitrogens is 1. The van der Waals surface area contributed by atoms with Gasteiger partial charge in [-0.3, -0.25) is 9.88 Å². The van der Waals surface area contributed by atoms with Crippen molar-refractivity contribution in [2.45, 2.75) is 6.92 Å². The molecule has 0 aliphatic carbocycles. The van der Waals surface area contributed by atoms with E-state index in [1.54, 1.807) is 19.4 Å². The Morgan fingerprint density at radius 2 is 1.89 bits per heavy atom. The van der Waals surface area contributed by atoms with E-state index in [1.165, 1.54) is 17.6 Å². The number of aryl methyl sites for hydroxylation is 1. The standard InChI is InChI=1S/C15H16N2O2/c1-11-4-6-12(7-5-11)13-8-9-16-10-14(13)17(2)15(18)19-3/h4-10H,1-3H3. The second-order valence-electron chi connectivity index (χ2n) is 4.29. The molecule has 0 radical (unpaired) electrons. The van der Waals surface area contributed by atoms with Crippen LogP contribution in [0.2, 0.25) is 0 Å². The second kappa shape index (κ2) is 5.52. The molecule has 1 aromatic heterocycles. The van der Waals surface area contributed by atoms with Gasteiger partial charge in [0, 0.05) is 18.8 Å². The van der Waals surface area contributed by atoms with Crippen LogP contribution in [0.4, 0.5) is 10.5 Å². The SMILES string of the molecule is COC(=O)N(C)c1cnccc1-c1ccc(C)cc1. The van der Waals surface area contributed by atoms with Crippen LogP contribution in [0.25, 0.3) is 11.1 Å². The van der Waals surface area contributed by atoms with Gasteiger partial charge in [-0.25, -0.2) is 4.79 Å². The first-order valence-electron chi connectivity index (χ1n) is 5.96. The lowest BCUT2D eigenvalue weighted by molar-refractivity contribution is 0.180. The van der Waals surface area contributed by atoms with Crippen molar-refractivity contribution >= 4 is 11.8 Å². The van der Waals surface area contributed by atoms with Gasteiger partial charge < -0.3 is 4.74 Å². The number of ether oxygens (including phenoxy) is 1. The van der Waals surface area contributed by atoms with Gasteiger partial charge in [-0.1, -0.05) is 29.8 Å². The Morgan fingerprint density at radius 3 is 2.53 bits per heavy atom. The van der Waals surface area contributed by atoms with Crippen molar-refractivity contribution in [1.82, 2.24) is 4.98 Å². The number of anilines is 1. The van der Waals surface area contributed by atoms with Crippen LogP contribution in [0.15, 0.2) is 42.7 Å². The van der Waals surface area contributed by atoms with Gasteiger partial charge in [0.25, 0.3) is 0 Å². The number of methoxy groups -OCH3 is 1. The predicted molar refractivity (Wildman–Crippen MR) is 75.2 cm³/mol. The molecule has 0 fully saturated rings. The quantitative estimate of drug-likeness (QED) is 0.828. The zero-order valence-corrected chi connectivity index (χ0v) is 11.3.